The van der Waals surface area contributed by atoms with Gasteiger partial charge in [-0.05, 0) is 18.3 Å². The Morgan fingerprint density at radius 3 is 1.55 bits per heavy atom. The fourth-order valence-corrected chi connectivity index (χ4v) is 1.37. The van der Waals surface area contributed by atoms with Crippen molar-refractivity contribution in [3.63, 3.8) is 0 Å². The number of unbranched alkanes of at least 4 members (excludes halogenated alkanes) is 1. The lowest BCUT2D eigenvalue weighted by atomic mass is 9.99. The van der Waals surface area contributed by atoms with E-state index in [-0.39, 0.29) is 0 Å². The topological polar surface area (TPSA) is 36.9 Å². The average molecular weight is 290 g/mol. The summed E-state index contributed by atoms with van der Waals surface area (Å²) in [7, 11) is 0. The second-order valence-corrected chi connectivity index (χ2v) is 5.49. The first-order valence-electron chi connectivity index (χ1n) is 7.99. The largest absolute Gasteiger partial charge is 0.379 e. The fourth-order valence-electron chi connectivity index (χ4n) is 1.37. The molecule has 1 unspecified atom stereocenters. The van der Waals surface area contributed by atoms with Gasteiger partial charge in [0, 0.05) is 13.2 Å². The van der Waals surface area contributed by atoms with Gasteiger partial charge in [0.15, 0.2) is 0 Å². The number of hydrogen-bond donors (Lipinski definition) is 0. The van der Waals surface area contributed by atoms with Crippen molar-refractivity contribution >= 4 is 0 Å². The van der Waals surface area contributed by atoms with Crippen LogP contribution in [0.25, 0.3) is 0 Å². The van der Waals surface area contributed by atoms with Gasteiger partial charge in [-0.3, -0.25) is 0 Å². The second kappa shape index (κ2) is 15.2. The Labute approximate surface area is 125 Å². The number of ether oxygens (including phenoxy) is 4. The van der Waals surface area contributed by atoms with Crippen molar-refractivity contribution in [2.24, 2.45) is 11.8 Å². The first-order valence-corrected chi connectivity index (χ1v) is 7.99. The second-order valence-electron chi connectivity index (χ2n) is 5.49. The third-order valence-corrected chi connectivity index (χ3v) is 3.28. The van der Waals surface area contributed by atoms with Crippen LogP contribution in [0.2, 0.25) is 0 Å². The van der Waals surface area contributed by atoms with Gasteiger partial charge in [-0.25, -0.2) is 0 Å². The summed E-state index contributed by atoms with van der Waals surface area (Å²) in [6, 6.07) is 0. The smallest absolute Gasteiger partial charge is 0.0701 e. The van der Waals surface area contributed by atoms with Gasteiger partial charge < -0.3 is 18.9 Å². The van der Waals surface area contributed by atoms with Crippen LogP contribution >= 0.6 is 0 Å². The maximum absolute atomic E-state index is 5.55. The van der Waals surface area contributed by atoms with Gasteiger partial charge in [0.25, 0.3) is 0 Å². The maximum Gasteiger partial charge on any atom is 0.0701 e. The van der Waals surface area contributed by atoms with E-state index in [0.717, 1.165) is 19.6 Å². The maximum atomic E-state index is 5.55. The van der Waals surface area contributed by atoms with Gasteiger partial charge in [-0.1, -0.05) is 34.1 Å². The third-order valence-electron chi connectivity index (χ3n) is 3.28. The highest BCUT2D eigenvalue weighted by molar-refractivity contribution is 4.54. The van der Waals surface area contributed by atoms with Crippen molar-refractivity contribution < 1.29 is 18.9 Å². The molecular weight excluding hydrogens is 256 g/mol. The van der Waals surface area contributed by atoms with E-state index in [0.29, 0.717) is 51.5 Å². The molecule has 0 aromatic heterocycles. The molecule has 0 aromatic rings. The molecule has 0 saturated carbocycles. The van der Waals surface area contributed by atoms with E-state index >= 15 is 0 Å². The zero-order valence-electron chi connectivity index (χ0n) is 13.9. The molecule has 0 amide bonds. The SMILES string of the molecule is CCCCOCCOCCOCCOCC(C)C(C)C. The number of rotatable bonds is 15. The summed E-state index contributed by atoms with van der Waals surface area (Å²) in [5.41, 5.74) is 0. The van der Waals surface area contributed by atoms with Crippen LogP contribution in [0, 0.1) is 11.8 Å². The molecule has 0 rings (SSSR count). The van der Waals surface area contributed by atoms with Crippen molar-refractivity contribution in [2.45, 2.75) is 40.5 Å². The lowest BCUT2D eigenvalue weighted by Gasteiger charge is -2.15. The van der Waals surface area contributed by atoms with Crippen molar-refractivity contribution in [1.82, 2.24) is 0 Å². The predicted molar refractivity (Wildman–Crippen MR) is 82.2 cm³/mol. The monoisotopic (exact) mass is 290 g/mol. The summed E-state index contributed by atoms with van der Waals surface area (Å²) in [5.74, 6) is 1.27. The van der Waals surface area contributed by atoms with Crippen LogP contribution in [0.5, 0.6) is 0 Å². The summed E-state index contributed by atoms with van der Waals surface area (Å²) in [5, 5.41) is 0. The van der Waals surface area contributed by atoms with Crippen LogP contribution in [0.15, 0.2) is 0 Å². The molecule has 0 bridgehead atoms. The summed E-state index contributed by atoms with van der Waals surface area (Å²) in [6.07, 6.45) is 2.30. The minimum atomic E-state index is 0.603. The molecular formula is C16H34O4. The lowest BCUT2D eigenvalue weighted by Crippen LogP contribution is -2.16. The molecule has 4 heteroatoms. The van der Waals surface area contributed by atoms with Crippen molar-refractivity contribution in [1.29, 1.82) is 0 Å². The van der Waals surface area contributed by atoms with E-state index in [1.165, 1.54) is 6.42 Å². The van der Waals surface area contributed by atoms with Gasteiger partial charge in [-0.15, -0.1) is 0 Å². The molecule has 0 heterocycles. The Balaban J connectivity index is 3.03. The van der Waals surface area contributed by atoms with E-state index in [9.17, 15) is 0 Å². The first-order chi connectivity index (χ1) is 9.68. The molecule has 4 nitrogen and oxygen atoms in total. The molecule has 122 valence electrons. The van der Waals surface area contributed by atoms with E-state index in [2.05, 4.69) is 27.7 Å². The molecule has 0 aliphatic heterocycles. The van der Waals surface area contributed by atoms with Crippen LogP contribution < -0.4 is 0 Å². The lowest BCUT2D eigenvalue weighted by molar-refractivity contribution is -0.00726. The molecule has 20 heavy (non-hydrogen) atoms. The predicted octanol–water partition coefficient (Wildman–Crippen LogP) is 3.15. The average Bonchev–Trinajstić information content (AvgIpc) is 2.43. The van der Waals surface area contributed by atoms with Crippen LogP contribution in [-0.4, -0.2) is 52.9 Å². The third kappa shape index (κ3) is 14.3. The minimum Gasteiger partial charge on any atom is -0.379 e. The van der Waals surface area contributed by atoms with E-state index in [1.807, 2.05) is 0 Å². The minimum absolute atomic E-state index is 0.603. The quantitative estimate of drug-likeness (QED) is 0.434. The molecule has 1 atom stereocenters. The van der Waals surface area contributed by atoms with E-state index in [4.69, 9.17) is 18.9 Å². The van der Waals surface area contributed by atoms with Crippen LogP contribution in [0.3, 0.4) is 0 Å². The fraction of sp³-hybridized carbons (Fsp3) is 1.00. The standard InChI is InChI=1S/C16H34O4/c1-5-6-7-17-8-9-18-10-11-19-12-13-20-14-16(4)15(2)3/h15-16H,5-14H2,1-4H3. The summed E-state index contributed by atoms with van der Waals surface area (Å²) >= 11 is 0. The highest BCUT2D eigenvalue weighted by Gasteiger charge is 2.06. The molecule has 0 aliphatic rings. The van der Waals surface area contributed by atoms with Gasteiger partial charge >= 0.3 is 0 Å². The Hall–Kier alpha value is -0.160. The van der Waals surface area contributed by atoms with Crippen molar-refractivity contribution in [3.05, 3.63) is 0 Å². The molecule has 0 radical (unpaired) electrons. The van der Waals surface area contributed by atoms with Gasteiger partial charge in [0.2, 0.25) is 0 Å². The Bertz CT molecular complexity index is 185. The molecule has 0 spiro atoms. The van der Waals surface area contributed by atoms with Crippen LogP contribution in [-0.2, 0) is 18.9 Å². The normalized spacial score (nSPS) is 13.1. The zero-order valence-corrected chi connectivity index (χ0v) is 13.9. The van der Waals surface area contributed by atoms with Crippen molar-refractivity contribution in [3.8, 4) is 0 Å². The highest BCUT2D eigenvalue weighted by Crippen LogP contribution is 2.09. The van der Waals surface area contributed by atoms with Gasteiger partial charge in [-0.2, -0.15) is 0 Å². The van der Waals surface area contributed by atoms with Gasteiger partial charge in [0.05, 0.1) is 39.6 Å². The van der Waals surface area contributed by atoms with E-state index in [1.54, 1.807) is 0 Å². The summed E-state index contributed by atoms with van der Waals surface area (Å²) in [4.78, 5) is 0. The highest BCUT2D eigenvalue weighted by atomic mass is 16.6. The zero-order chi connectivity index (χ0) is 15.1. The molecule has 0 aliphatic carbocycles. The van der Waals surface area contributed by atoms with Crippen LogP contribution in [0.1, 0.15) is 40.5 Å². The molecule has 0 aromatic carbocycles. The molecule has 0 fully saturated rings. The Morgan fingerprint density at radius 1 is 0.650 bits per heavy atom. The molecule has 0 N–H and O–H groups in total. The van der Waals surface area contributed by atoms with Crippen LogP contribution in [0.4, 0.5) is 0 Å². The Kier molecular flexibility index (Phi) is 15.1. The van der Waals surface area contributed by atoms with Gasteiger partial charge in [0.1, 0.15) is 0 Å². The Morgan fingerprint density at radius 2 is 1.10 bits per heavy atom. The number of hydrogen-bond acceptors (Lipinski definition) is 4. The van der Waals surface area contributed by atoms with E-state index < -0.39 is 0 Å². The molecule has 0 saturated heterocycles. The van der Waals surface area contributed by atoms with Crippen molar-refractivity contribution in [2.75, 3.05) is 52.9 Å². The summed E-state index contributed by atoms with van der Waals surface area (Å²) in [6.45, 7) is 14.3. The summed E-state index contributed by atoms with van der Waals surface area (Å²) < 4.78 is 21.8. The first kappa shape index (κ1) is 19.8.